The van der Waals surface area contributed by atoms with Crippen LogP contribution in [0.5, 0.6) is 0 Å². The lowest BCUT2D eigenvalue weighted by Gasteiger charge is -2.35. The van der Waals surface area contributed by atoms with Crippen LogP contribution in [0.1, 0.15) is 47.5 Å². The number of hydrogen-bond acceptors (Lipinski definition) is 10. The third kappa shape index (κ3) is 5.86. The molecule has 0 unspecified atom stereocenters. The number of carbonyl (C=O) groups excluding carboxylic acids is 4. The number of esters is 2. The number of methoxy groups -OCH3 is 2. The Labute approximate surface area is 204 Å². The van der Waals surface area contributed by atoms with Crippen LogP contribution in [0.25, 0.3) is 0 Å². The minimum Gasteiger partial charge on any atom is -0.511 e. The van der Waals surface area contributed by atoms with Crippen molar-refractivity contribution in [2.45, 2.75) is 53.5 Å². The van der Waals surface area contributed by atoms with Gasteiger partial charge in [0.15, 0.2) is 11.6 Å². The quantitative estimate of drug-likeness (QED) is 0.408. The van der Waals surface area contributed by atoms with Gasteiger partial charge in [0.2, 0.25) is 0 Å². The van der Waals surface area contributed by atoms with Crippen molar-refractivity contribution in [1.29, 1.82) is 0 Å². The number of ether oxygens (including phenoxy) is 2. The van der Waals surface area contributed by atoms with E-state index in [0.29, 0.717) is 0 Å². The van der Waals surface area contributed by atoms with Crippen LogP contribution in [0.2, 0.25) is 0 Å². The Bertz CT molecular complexity index is 1030. The molecule has 0 saturated carbocycles. The molecule has 0 bridgehead atoms. The molecule has 2 aliphatic rings. The zero-order valence-corrected chi connectivity index (χ0v) is 21.2. The number of nitrogens with zero attached hydrogens (tertiary/aromatic N) is 2. The Morgan fingerprint density at radius 2 is 1.31 bits per heavy atom. The predicted molar refractivity (Wildman–Crippen MR) is 128 cm³/mol. The molecule has 0 aromatic carbocycles. The molecule has 2 aliphatic carbocycles. The van der Waals surface area contributed by atoms with E-state index in [4.69, 9.17) is 9.47 Å². The number of rotatable bonds is 7. The number of carbonyl (C=O) groups is 4. The van der Waals surface area contributed by atoms with Crippen molar-refractivity contribution in [2.75, 3.05) is 20.8 Å². The first-order chi connectivity index (χ1) is 16.2. The number of hydrogen-bond donors (Lipinski definition) is 2. The number of allylic oxidation sites excluding steroid dienone is 2. The summed E-state index contributed by atoms with van der Waals surface area (Å²) in [6, 6.07) is -0.458. The molecule has 10 nitrogen and oxygen atoms in total. The van der Waals surface area contributed by atoms with Crippen molar-refractivity contribution in [3.8, 4) is 0 Å². The highest BCUT2D eigenvalue weighted by atomic mass is 16.5. The third-order valence-corrected chi connectivity index (χ3v) is 6.42. The van der Waals surface area contributed by atoms with E-state index in [1.165, 1.54) is 26.6 Å². The van der Waals surface area contributed by atoms with Crippen molar-refractivity contribution >= 4 is 35.9 Å². The van der Waals surface area contributed by atoms with Crippen LogP contribution in [-0.4, -0.2) is 73.0 Å². The highest BCUT2D eigenvalue weighted by Crippen LogP contribution is 2.42. The van der Waals surface area contributed by atoms with Gasteiger partial charge in [-0.3, -0.25) is 29.2 Å². The lowest BCUT2D eigenvalue weighted by Crippen LogP contribution is -2.40. The van der Waals surface area contributed by atoms with Crippen LogP contribution in [0, 0.1) is 22.7 Å². The van der Waals surface area contributed by atoms with Gasteiger partial charge in [0.25, 0.3) is 0 Å². The first kappa shape index (κ1) is 27.9. The average molecular weight is 491 g/mol. The Morgan fingerprint density at radius 1 is 0.914 bits per heavy atom. The van der Waals surface area contributed by atoms with Crippen molar-refractivity contribution < 1.29 is 38.9 Å². The fourth-order valence-corrected chi connectivity index (χ4v) is 4.48. The smallest absolute Gasteiger partial charge is 0.316 e. The molecule has 0 aliphatic heterocycles. The van der Waals surface area contributed by atoms with E-state index >= 15 is 0 Å². The Kier molecular flexibility index (Phi) is 8.41. The summed E-state index contributed by atoms with van der Waals surface area (Å²) in [4.78, 5) is 57.8. The maximum atomic E-state index is 12.5. The molecular weight excluding hydrogens is 456 g/mol. The normalized spacial score (nSPS) is 25.3. The Balaban J connectivity index is 2.21. The second kappa shape index (κ2) is 10.5. The highest BCUT2D eigenvalue weighted by molar-refractivity contribution is 6.16. The summed E-state index contributed by atoms with van der Waals surface area (Å²) in [6.07, 6.45) is 2.52. The van der Waals surface area contributed by atoms with Gasteiger partial charge in [-0.1, -0.05) is 27.7 Å². The second-order valence-electron chi connectivity index (χ2n) is 10.3. The SMILES string of the molecule is COC(=O)[C@H]1C(O)=C(C=NC[C@H](C)N=CC2=C(O)[C@H](C(=O)OC)C(C)(C)CC2=O)C(=O)CC1(C)C. The largest absolute Gasteiger partial charge is 0.511 e. The molecule has 0 saturated heterocycles. The topological polar surface area (TPSA) is 152 Å². The zero-order chi connectivity index (χ0) is 26.7. The van der Waals surface area contributed by atoms with Gasteiger partial charge in [0, 0.05) is 25.3 Å². The van der Waals surface area contributed by atoms with E-state index in [-0.39, 0.29) is 53.6 Å². The first-order valence-corrected chi connectivity index (χ1v) is 11.3. The Hall–Kier alpha value is -3.30. The molecule has 3 atom stereocenters. The van der Waals surface area contributed by atoms with Gasteiger partial charge in [0.1, 0.15) is 23.4 Å². The molecule has 2 N–H and O–H groups in total. The van der Waals surface area contributed by atoms with Crippen LogP contribution >= 0.6 is 0 Å². The second-order valence-corrected chi connectivity index (χ2v) is 10.3. The molecule has 192 valence electrons. The molecule has 0 radical (unpaired) electrons. The van der Waals surface area contributed by atoms with E-state index < -0.39 is 40.6 Å². The van der Waals surface area contributed by atoms with Gasteiger partial charge in [0.05, 0.1) is 38.0 Å². The summed E-state index contributed by atoms with van der Waals surface area (Å²) in [5, 5.41) is 21.2. The summed E-state index contributed by atoms with van der Waals surface area (Å²) in [5.74, 6) is -4.68. The third-order valence-electron chi connectivity index (χ3n) is 6.42. The molecule has 2 rings (SSSR count). The monoisotopic (exact) mass is 490 g/mol. The molecule has 0 spiro atoms. The van der Waals surface area contributed by atoms with Gasteiger partial charge in [-0.05, 0) is 17.8 Å². The number of Topliss-reactive ketones (excluding diaryl/α,β-unsaturated/α-hetero) is 2. The van der Waals surface area contributed by atoms with Gasteiger partial charge in [-0.2, -0.15) is 0 Å². The maximum Gasteiger partial charge on any atom is 0.316 e. The molecule has 0 aromatic heterocycles. The molecular formula is C25H34N2O8. The molecule has 0 heterocycles. The van der Waals surface area contributed by atoms with E-state index in [1.807, 2.05) is 0 Å². The maximum absolute atomic E-state index is 12.5. The predicted octanol–water partition coefficient (Wildman–Crippen LogP) is 2.72. The van der Waals surface area contributed by atoms with E-state index in [0.717, 1.165) is 0 Å². The minimum atomic E-state index is -0.987. The molecule has 0 aromatic rings. The zero-order valence-electron chi connectivity index (χ0n) is 21.2. The van der Waals surface area contributed by atoms with Crippen molar-refractivity contribution in [3.05, 3.63) is 22.7 Å². The molecule has 35 heavy (non-hydrogen) atoms. The average Bonchev–Trinajstić information content (AvgIpc) is 2.73. The highest BCUT2D eigenvalue weighted by Gasteiger charge is 2.47. The summed E-state index contributed by atoms with van der Waals surface area (Å²) in [6.45, 7) is 8.62. The van der Waals surface area contributed by atoms with Gasteiger partial charge in [-0.25, -0.2) is 0 Å². The molecule has 10 heteroatoms. The van der Waals surface area contributed by atoms with Gasteiger partial charge >= 0.3 is 11.9 Å². The van der Waals surface area contributed by atoms with Crippen molar-refractivity contribution in [2.24, 2.45) is 32.7 Å². The first-order valence-electron chi connectivity index (χ1n) is 11.3. The van der Waals surface area contributed by atoms with E-state index in [9.17, 15) is 29.4 Å². The van der Waals surface area contributed by atoms with Crippen molar-refractivity contribution in [1.82, 2.24) is 0 Å². The molecule has 0 amide bonds. The van der Waals surface area contributed by atoms with Crippen LogP contribution in [-0.2, 0) is 28.7 Å². The summed E-state index contributed by atoms with van der Waals surface area (Å²) < 4.78 is 9.57. The van der Waals surface area contributed by atoms with Crippen LogP contribution in [0.15, 0.2) is 32.6 Å². The lowest BCUT2D eigenvalue weighted by molar-refractivity contribution is -0.151. The fourth-order valence-electron chi connectivity index (χ4n) is 4.48. The summed E-state index contributed by atoms with van der Waals surface area (Å²) >= 11 is 0. The van der Waals surface area contributed by atoms with Crippen molar-refractivity contribution in [3.63, 3.8) is 0 Å². The van der Waals surface area contributed by atoms with E-state index in [1.54, 1.807) is 34.6 Å². The standard InChI is InChI=1S/C25H34N2O8/c1-13(27-12-15-17(29)9-25(4,5)19(21(15)31)23(33)35-7)10-26-11-14-16(28)8-24(2,3)18(20(14)30)22(32)34-6/h11-13,18-19,30-31H,8-10H2,1-7H3/t13-,18+,19+/m0/s1. The van der Waals surface area contributed by atoms with Gasteiger partial charge in [-0.15, -0.1) is 0 Å². The van der Waals surface area contributed by atoms with Crippen LogP contribution in [0.4, 0.5) is 0 Å². The number of aliphatic hydroxyl groups is 2. The van der Waals surface area contributed by atoms with Crippen LogP contribution in [0.3, 0.4) is 0 Å². The van der Waals surface area contributed by atoms with Crippen LogP contribution < -0.4 is 0 Å². The number of aliphatic hydroxyl groups excluding tert-OH is 2. The van der Waals surface area contributed by atoms with E-state index in [2.05, 4.69) is 9.98 Å². The lowest BCUT2D eigenvalue weighted by atomic mass is 9.68. The minimum absolute atomic E-state index is 0.0396. The fraction of sp³-hybridized carbons (Fsp3) is 0.600. The number of aliphatic imine (C=N–C) groups is 2. The van der Waals surface area contributed by atoms with Gasteiger partial charge < -0.3 is 19.7 Å². The number of ketones is 2. The Morgan fingerprint density at radius 3 is 1.71 bits per heavy atom. The summed E-state index contributed by atoms with van der Waals surface area (Å²) in [5.41, 5.74) is -1.72. The molecule has 0 fully saturated rings. The summed E-state index contributed by atoms with van der Waals surface area (Å²) in [7, 11) is 2.43.